The number of unbranched alkanes of at least 4 members (excludes halogenated alkanes) is 32. The molecule has 458 valence electrons. The van der Waals surface area contributed by atoms with Crippen molar-refractivity contribution >= 4 is 17.9 Å². The average Bonchev–Trinajstić information content (AvgIpc) is 3.46. The van der Waals surface area contributed by atoms with E-state index in [1.165, 1.54) is 161 Å². The lowest BCUT2D eigenvalue weighted by Crippen LogP contribution is -2.30. The van der Waals surface area contributed by atoms with E-state index >= 15 is 0 Å². The van der Waals surface area contributed by atoms with E-state index in [-0.39, 0.29) is 37.5 Å². The molecular weight excluding hydrogens is 985 g/mol. The van der Waals surface area contributed by atoms with Crippen molar-refractivity contribution in [3.05, 3.63) is 109 Å². The van der Waals surface area contributed by atoms with Crippen LogP contribution < -0.4 is 0 Å². The second kappa shape index (κ2) is 67.6. The first kappa shape index (κ1) is 76.1. The van der Waals surface area contributed by atoms with E-state index in [0.717, 1.165) is 116 Å². The molecule has 0 saturated carbocycles. The van der Waals surface area contributed by atoms with Crippen LogP contribution in [0.3, 0.4) is 0 Å². The Morgan fingerprint density at radius 1 is 0.263 bits per heavy atom. The third-order valence-corrected chi connectivity index (χ3v) is 14.5. The Labute approximate surface area is 495 Å². The van der Waals surface area contributed by atoms with Gasteiger partial charge in [-0.1, -0.05) is 304 Å². The van der Waals surface area contributed by atoms with Crippen LogP contribution in [0.5, 0.6) is 0 Å². The molecule has 0 bridgehead atoms. The van der Waals surface area contributed by atoms with Crippen LogP contribution in [-0.2, 0) is 28.6 Å². The summed E-state index contributed by atoms with van der Waals surface area (Å²) in [7, 11) is 0. The molecule has 0 aliphatic carbocycles. The van der Waals surface area contributed by atoms with Crippen molar-refractivity contribution < 1.29 is 28.6 Å². The molecule has 80 heavy (non-hydrogen) atoms. The van der Waals surface area contributed by atoms with Crippen LogP contribution in [-0.4, -0.2) is 37.2 Å². The number of rotatable bonds is 61. The van der Waals surface area contributed by atoms with Gasteiger partial charge in [-0.15, -0.1) is 0 Å². The highest BCUT2D eigenvalue weighted by Gasteiger charge is 2.19. The van der Waals surface area contributed by atoms with Gasteiger partial charge in [0.1, 0.15) is 13.2 Å². The molecule has 0 amide bonds. The van der Waals surface area contributed by atoms with E-state index < -0.39 is 6.10 Å². The average molecular weight is 1110 g/mol. The Bertz CT molecular complexity index is 1610. The summed E-state index contributed by atoms with van der Waals surface area (Å²) in [4.78, 5) is 38.4. The van der Waals surface area contributed by atoms with E-state index in [1.54, 1.807) is 0 Å². The van der Waals surface area contributed by atoms with Gasteiger partial charge in [0, 0.05) is 19.3 Å². The second-order valence-corrected chi connectivity index (χ2v) is 22.4. The van der Waals surface area contributed by atoms with Gasteiger partial charge >= 0.3 is 17.9 Å². The van der Waals surface area contributed by atoms with Crippen LogP contribution in [0.1, 0.15) is 323 Å². The maximum absolute atomic E-state index is 12.9. The molecule has 0 aromatic rings. The van der Waals surface area contributed by atoms with E-state index in [9.17, 15) is 14.4 Å². The van der Waals surface area contributed by atoms with Gasteiger partial charge in [0.2, 0.25) is 0 Å². The number of hydrogen-bond donors (Lipinski definition) is 0. The van der Waals surface area contributed by atoms with Gasteiger partial charge in [-0.2, -0.15) is 0 Å². The molecule has 1 unspecified atom stereocenters. The zero-order valence-electron chi connectivity index (χ0n) is 52.6. The molecule has 0 aromatic heterocycles. The Morgan fingerprint density at radius 3 is 0.812 bits per heavy atom. The fraction of sp³-hybridized carbons (Fsp3) is 0.716. The van der Waals surface area contributed by atoms with Crippen LogP contribution in [0.15, 0.2) is 109 Å². The van der Waals surface area contributed by atoms with Crippen molar-refractivity contribution in [2.75, 3.05) is 13.2 Å². The molecule has 6 heteroatoms. The molecule has 0 radical (unpaired) electrons. The van der Waals surface area contributed by atoms with E-state index in [1.807, 2.05) is 0 Å². The van der Waals surface area contributed by atoms with E-state index in [2.05, 4.69) is 130 Å². The maximum Gasteiger partial charge on any atom is 0.306 e. The van der Waals surface area contributed by atoms with Crippen molar-refractivity contribution in [1.82, 2.24) is 0 Å². The zero-order valence-corrected chi connectivity index (χ0v) is 52.6. The molecule has 0 N–H and O–H groups in total. The molecule has 0 heterocycles. The van der Waals surface area contributed by atoms with Crippen LogP contribution in [0.2, 0.25) is 0 Å². The van der Waals surface area contributed by atoms with Gasteiger partial charge in [-0.25, -0.2) is 0 Å². The van der Waals surface area contributed by atoms with Crippen LogP contribution in [0.4, 0.5) is 0 Å². The molecule has 0 aliphatic rings. The van der Waals surface area contributed by atoms with Gasteiger partial charge in [-0.3, -0.25) is 14.4 Å². The Morgan fingerprint density at radius 2 is 0.487 bits per heavy atom. The minimum atomic E-state index is -0.810. The minimum Gasteiger partial charge on any atom is -0.462 e. The van der Waals surface area contributed by atoms with Gasteiger partial charge in [0.05, 0.1) is 0 Å². The zero-order chi connectivity index (χ0) is 57.8. The standard InChI is InChI=1S/C74H126O6/c1-4-7-10-13-16-19-22-25-28-31-34-36-38-40-43-46-49-52-55-58-61-64-67-73(76)79-70-71(69-78-72(75)66-63-60-57-54-51-48-45-42-39-33-30-27-24-21-18-15-12-9-6-3)80-74(77)68-65-62-59-56-53-50-47-44-41-37-35-32-29-26-23-20-17-14-11-8-5-2/h8,11,17-18,20-21,26-27,29-30,35,37,39,42,44,47,53,56,71H,4-7,9-10,12-16,19,22-25,28,31-34,36,38,40-41,43,45-46,48-52,54-55,57-70H2,1-3H3/b11-8-,20-17-,21-18-,29-26-,30-27-,37-35-,42-39-,47-44-,56-53-. The first-order valence-electron chi connectivity index (χ1n) is 33.9. The lowest BCUT2D eigenvalue weighted by molar-refractivity contribution is -0.167. The van der Waals surface area contributed by atoms with Crippen molar-refractivity contribution in [3.63, 3.8) is 0 Å². The number of esters is 3. The number of carbonyl (C=O) groups excluding carboxylic acids is 3. The first-order chi connectivity index (χ1) is 39.5. The number of carbonyl (C=O) groups is 3. The lowest BCUT2D eigenvalue weighted by atomic mass is 10.0. The molecule has 6 nitrogen and oxygen atoms in total. The first-order valence-corrected chi connectivity index (χ1v) is 33.9. The summed E-state index contributed by atoms with van der Waals surface area (Å²) in [5.74, 6) is -0.944. The summed E-state index contributed by atoms with van der Waals surface area (Å²) < 4.78 is 16.9. The molecule has 1 atom stereocenters. The highest BCUT2D eigenvalue weighted by molar-refractivity contribution is 5.71. The number of allylic oxidation sites excluding steroid dienone is 18. The smallest absolute Gasteiger partial charge is 0.306 e. The quantitative estimate of drug-likeness (QED) is 0.0261. The summed E-state index contributed by atoms with van der Waals surface area (Å²) >= 11 is 0. The summed E-state index contributed by atoms with van der Waals surface area (Å²) in [6, 6.07) is 0. The molecular formula is C74H126O6. The molecule has 0 aromatic carbocycles. The molecule has 0 fully saturated rings. The van der Waals surface area contributed by atoms with Crippen molar-refractivity contribution in [2.45, 2.75) is 329 Å². The van der Waals surface area contributed by atoms with Crippen LogP contribution in [0.25, 0.3) is 0 Å². The lowest BCUT2D eigenvalue weighted by Gasteiger charge is -2.18. The van der Waals surface area contributed by atoms with Gasteiger partial charge in [0.15, 0.2) is 6.10 Å². The summed E-state index contributed by atoms with van der Waals surface area (Å²) in [6.45, 7) is 6.49. The predicted molar refractivity (Wildman–Crippen MR) is 348 cm³/mol. The third-order valence-electron chi connectivity index (χ3n) is 14.5. The fourth-order valence-electron chi connectivity index (χ4n) is 9.45. The second-order valence-electron chi connectivity index (χ2n) is 22.4. The fourth-order valence-corrected chi connectivity index (χ4v) is 9.45. The Balaban J connectivity index is 4.46. The van der Waals surface area contributed by atoms with Gasteiger partial charge < -0.3 is 14.2 Å². The Hall–Kier alpha value is -3.93. The normalized spacial score (nSPS) is 12.8. The minimum absolute atomic E-state index is 0.0988. The highest BCUT2D eigenvalue weighted by Crippen LogP contribution is 2.17. The molecule has 0 spiro atoms. The Kier molecular flexibility index (Phi) is 64.3. The largest absolute Gasteiger partial charge is 0.462 e. The van der Waals surface area contributed by atoms with Crippen LogP contribution >= 0.6 is 0 Å². The van der Waals surface area contributed by atoms with Gasteiger partial charge in [0.25, 0.3) is 0 Å². The summed E-state index contributed by atoms with van der Waals surface area (Å²) in [5, 5.41) is 0. The molecule has 0 aliphatic heterocycles. The maximum atomic E-state index is 12.9. The van der Waals surface area contributed by atoms with Crippen molar-refractivity contribution in [2.24, 2.45) is 0 Å². The third kappa shape index (κ3) is 64.9. The molecule has 0 saturated heterocycles. The SMILES string of the molecule is CC/C=C\C/C=C\C/C=C\C/C=C\C/C=C\C/C=C\CCCCC(=O)OC(COC(=O)CCCCCCCC/C=C\C/C=C\C/C=C\CCCCC)COC(=O)CCCCCCCCCCCCCCCCCCCCCCCC. The number of ether oxygens (including phenoxy) is 3. The van der Waals surface area contributed by atoms with Gasteiger partial charge in [-0.05, 0) is 109 Å². The van der Waals surface area contributed by atoms with Crippen LogP contribution in [0, 0.1) is 0 Å². The summed E-state index contributed by atoms with van der Waals surface area (Å²) in [5.41, 5.74) is 0. The highest BCUT2D eigenvalue weighted by atomic mass is 16.6. The van der Waals surface area contributed by atoms with E-state index in [0.29, 0.717) is 19.3 Å². The van der Waals surface area contributed by atoms with Crippen molar-refractivity contribution in [3.8, 4) is 0 Å². The monoisotopic (exact) mass is 1110 g/mol. The predicted octanol–water partition coefficient (Wildman–Crippen LogP) is 23.4. The molecule has 0 rings (SSSR count). The number of hydrogen-bond acceptors (Lipinski definition) is 6. The summed E-state index contributed by atoms with van der Waals surface area (Å²) in [6.07, 6.45) is 92.4. The van der Waals surface area contributed by atoms with Crippen molar-refractivity contribution in [1.29, 1.82) is 0 Å². The van der Waals surface area contributed by atoms with E-state index in [4.69, 9.17) is 14.2 Å². The topological polar surface area (TPSA) is 78.9 Å².